The number of anilines is 1. The molecule has 0 heterocycles. The molecule has 1 N–H and O–H groups in total. The second-order valence-corrected chi connectivity index (χ2v) is 5.00. The van der Waals surface area contributed by atoms with E-state index in [1.54, 1.807) is 31.2 Å². The highest BCUT2D eigenvalue weighted by atomic mass is 19.4. The summed E-state index contributed by atoms with van der Waals surface area (Å²) in [6, 6.07) is 10.9. The second kappa shape index (κ2) is 7.25. The third-order valence-corrected chi connectivity index (χ3v) is 3.20. The molecule has 0 bridgehead atoms. The van der Waals surface area contributed by atoms with E-state index >= 15 is 0 Å². The Morgan fingerprint density at radius 1 is 1.08 bits per heavy atom. The molecule has 0 aliphatic heterocycles. The fourth-order valence-corrected chi connectivity index (χ4v) is 1.92. The van der Waals surface area contributed by atoms with Crippen LogP contribution < -0.4 is 14.8 Å². The van der Waals surface area contributed by atoms with Gasteiger partial charge in [-0.25, -0.2) is 0 Å². The van der Waals surface area contributed by atoms with E-state index in [1.807, 2.05) is 0 Å². The van der Waals surface area contributed by atoms with E-state index < -0.39 is 23.8 Å². The number of carbonyl (C=O) groups is 1. The minimum atomic E-state index is -4.41. The molecule has 1 amide bonds. The van der Waals surface area contributed by atoms with Crippen LogP contribution in [0.4, 0.5) is 18.9 Å². The van der Waals surface area contributed by atoms with Crippen LogP contribution in [-0.4, -0.2) is 19.1 Å². The molecule has 7 heteroatoms. The number of alkyl halides is 3. The topological polar surface area (TPSA) is 47.6 Å². The second-order valence-electron chi connectivity index (χ2n) is 5.00. The van der Waals surface area contributed by atoms with Crippen molar-refractivity contribution < 1.29 is 27.4 Å². The van der Waals surface area contributed by atoms with Crippen molar-refractivity contribution in [3.8, 4) is 11.5 Å². The maximum absolute atomic E-state index is 12.5. The van der Waals surface area contributed by atoms with Crippen molar-refractivity contribution in [2.75, 3.05) is 12.4 Å². The zero-order chi connectivity index (χ0) is 17.7. The molecule has 0 saturated heterocycles. The van der Waals surface area contributed by atoms with Crippen LogP contribution in [0, 0.1) is 0 Å². The molecule has 1 atom stereocenters. The Morgan fingerprint density at radius 2 is 1.71 bits per heavy atom. The van der Waals surface area contributed by atoms with Gasteiger partial charge in [0.25, 0.3) is 5.91 Å². The van der Waals surface area contributed by atoms with Gasteiger partial charge in [-0.3, -0.25) is 4.79 Å². The predicted molar refractivity (Wildman–Crippen MR) is 83.2 cm³/mol. The fourth-order valence-electron chi connectivity index (χ4n) is 1.92. The monoisotopic (exact) mass is 339 g/mol. The Hall–Kier alpha value is -2.70. The predicted octanol–water partition coefficient (Wildman–Crippen LogP) is 4.12. The Kier molecular flexibility index (Phi) is 5.33. The van der Waals surface area contributed by atoms with Crippen molar-refractivity contribution in [3.63, 3.8) is 0 Å². The molecule has 2 aromatic rings. The number of amides is 1. The summed E-state index contributed by atoms with van der Waals surface area (Å²) in [6.07, 6.45) is -5.25. The van der Waals surface area contributed by atoms with Gasteiger partial charge in [0, 0.05) is 11.8 Å². The first-order valence-corrected chi connectivity index (χ1v) is 7.08. The molecule has 0 saturated carbocycles. The maximum Gasteiger partial charge on any atom is 0.416 e. The van der Waals surface area contributed by atoms with Crippen molar-refractivity contribution in [3.05, 3.63) is 54.1 Å². The summed E-state index contributed by atoms with van der Waals surface area (Å²) in [6.45, 7) is 1.54. The van der Waals surface area contributed by atoms with Crippen LogP contribution in [0.2, 0.25) is 0 Å². The molecule has 24 heavy (non-hydrogen) atoms. The van der Waals surface area contributed by atoms with Crippen molar-refractivity contribution in [2.24, 2.45) is 0 Å². The van der Waals surface area contributed by atoms with E-state index in [0.717, 1.165) is 12.1 Å². The lowest BCUT2D eigenvalue weighted by molar-refractivity contribution is -0.137. The van der Waals surface area contributed by atoms with E-state index in [1.165, 1.54) is 19.2 Å². The van der Waals surface area contributed by atoms with Gasteiger partial charge in [0.2, 0.25) is 0 Å². The van der Waals surface area contributed by atoms with Gasteiger partial charge in [0.15, 0.2) is 6.10 Å². The van der Waals surface area contributed by atoms with Crippen LogP contribution in [0.25, 0.3) is 0 Å². The molecule has 1 unspecified atom stereocenters. The third-order valence-electron chi connectivity index (χ3n) is 3.20. The van der Waals surface area contributed by atoms with Gasteiger partial charge in [0.05, 0.1) is 12.7 Å². The lowest BCUT2D eigenvalue weighted by Gasteiger charge is -2.15. The van der Waals surface area contributed by atoms with E-state index in [9.17, 15) is 18.0 Å². The Labute approximate surface area is 137 Å². The van der Waals surface area contributed by atoms with Gasteiger partial charge in [-0.05, 0) is 43.3 Å². The van der Waals surface area contributed by atoms with Gasteiger partial charge >= 0.3 is 6.18 Å². The molecular weight excluding hydrogens is 323 g/mol. The van der Waals surface area contributed by atoms with Gasteiger partial charge < -0.3 is 14.8 Å². The molecule has 4 nitrogen and oxygen atoms in total. The highest BCUT2D eigenvalue weighted by molar-refractivity contribution is 5.94. The van der Waals surface area contributed by atoms with Gasteiger partial charge in [0.1, 0.15) is 11.5 Å². The number of rotatable bonds is 5. The number of carbonyl (C=O) groups excluding carboxylic acids is 1. The van der Waals surface area contributed by atoms with Crippen LogP contribution in [0.1, 0.15) is 12.5 Å². The van der Waals surface area contributed by atoms with Crippen LogP contribution in [0.15, 0.2) is 48.5 Å². The molecule has 0 aromatic heterocycles. The number of halogens is 3. The molecule has 0 radical (unpaired) electrons. The number of methoxy groups -OCH3 is 1. The van der Waals surface area contributed by atoms with E-state index in [4.69, 9.17) is 9.47 Å². The van der Waals surface area contributed by atoms with E-state index in [-0.39, 0.29) is 5.69 Å². The normalized spacial score (nSPS) is 12.4. The molecule has 0 spiro atoms. The smallest absolute Gasteiger partial charge is 0.416 e. The first kappa shape index (κ1) is 17.7. The maximum atomic E-state index is 12.5. The number of ether oxygens (including phenoxy) is 2. The summed E-state index contributed by atoms with van der Waals surface area (Å²) in [4.78, 5) is 12.1. The summed E-state index contributed by atoms with van der Waals surface area (Å²) in [5.74, 6) is 0.560. The first-order chi connectivity index (χ1) is 11.3. The Morgan fingerprint density at radius 3 is 2.29 bits per heavy atom. The Bertz CT molecular complexity index is 699. The third kappa shape index (κ3) is 4.65. The van der Waals surface area contributed by atoms with Crippen LogP contribution >= 0.6 is 0 Å². The molecule has 0 aliphatic carbocycles. The van der Waals surface area contributed by atoms with Crippen LogP contribution in [0.5, 0.6) is 11.5 Å². The molecule has 0 fully saturated rings. The van der Waals surface area contributed by atoms with Crippen molar-refractivity contribution in [2.45, 2.75) is 19.2 Å². The fraction of sp³-hybridized carbons (Fsp3) is 0.235. The number of benzene rings is 2. The van der Waals surface area contributed by atoms with Crippen molar-refractivity contribution in [1.29, 1.82) is 0 Å². The lowest BCUT2D eigenvalue weighted by Crippen LogP contribution is -2.30. The highest BCUT2D eigenvalue weighted by Crippen LogP contribution is 2.29. The largest absolute Gasteiger partial charge is 0.497 e. The SMILES string of the molecule is COc1cccc(OC(C)C(=O)Nc2ccc(C(F)(F)F)cc2)c1. The molecule has 0 aliphatic rings. The first-order valence-electron chi connectivity index (χ1n) is 7.08. The summed E-state index contributed by atoms with van der Waals surface area (Å²) < 4.78 is 48.0. The molecular formula is C17H16F3NO3. The van der Waals surface area contributed by atoms with Crippen molar-refractivity contribution in [1.82, 2.24) is 0 Å². The number of nitrogens with one attached hydrogen (secondary N) is 1. The van der Waals surface area contributed by atoms with Crippen molar-refractivity contribution >= 4 is 11.6 Å². The molecule has 2 aromatic carbocycles. The van der Waals surface area contributed by atoms with Crippen LogP contribution in [0.3, 0.4) is 0 Å². The standard InChI is InChI=1S/C17H16F3NO3/c1-11(24-15-5-3-4-14(10-15)23-2)16(22)21-13-8-6-12(7-9-13)17(18,19)20/h3-11H,1-2H3,(H,21,22). The Balaban J connectivity index is 1.98. The van der Waals surface area contributed by atoms with Gasteiger partial charge in [-0.15, -0.1) is 0 Å². The van der Waals surface area contributed by atoms with Gasteiger partial charge in [-0.1, -0.05) is 6.07 Å². The molecule has 2 rings (SSSR count). The zero-order valence-corrected chi connectivity index (χ0v) is 13.1. The summed E-state index contributed by atoms with van der Waals surface area (Å²) >= 11 is 0. The minimum Gasteiger partial charge on any atom is -0.497 e. The zero-order valence-electron chi connectivity index (χ0n) is 13.1. The average molecular weight is 339 g/mol. The average Bonchev–Trinajstić information content (AvgIpc) is 2.54. The minimum absolute atomic E-state index is 0.258. The quantitative estimate of drug-likeness (QED) is 0.891. The van der Waals surface area contributed by atoms with E-state index in [0.29, 0.717) is 11.5 Å². The number of hydrogen-bond donors (Lipinski definition) is 1. The lowest BCUT2D eigenvalue weighted by atomic mass is 10.2. The van der Waals surface area contributed by atoms with Crippen LogP contribution in [-0.2, 0) is 11.0 Å². The summed E-state index contributed by atoms with van der Waals surface area (Å²) in [5, 5.41) is 2.51. The molecule has 128 valence electrons. The van der Waals surface area contributed by atoms with E-state index in [2.05, 4.69) is 5.32 Å². The number of hydrogen-bond acceptors (Lipinski definition) is 3. The summed E-state index contributed by atoms with van der Waals surface area (Å²) in [5.41, 5.74) is -0.518. The van der Waals surface area contributed by atoms with Gasteiger partial charge in [-0.2, -0.15) is 13.2 Å². The summed E-state index contributed by atoms with van der Waals surface area (Å²) in [7, 11) is 1.51. The highest BCUT2D eigenvalue weighted by Gasteiger charge is 2.30.